The van der Waals surface area contributed by atoms with Crippen molar-refractivity contribution in [1.29, 1.82) is 0 Å². The van der Waals surface area contributed by atoms with Crippen LogP contribution in [0.1, 0.15) is 19.8 Å². The van der Waals surface area contributed by atoms with Gasteiger partial charge in [0.15, 0.2) is 12.6 Å². The standard InChI is InChI=1S/C17H23F3N4O2/c1-2-21-16(23-10-8-17(18,19)20)22-9-5-11-24-13-6-3-4-7-14(13)26-12-15(24)25/h3-4,6-7H,2,5,8-12H2,1H3,(H2,21,22,23). The number of fused-ring (bicyclic) bond motifs is 1. The number of carbonyl (C=O) groups excluding carboxylic acids is 1. The van der Waals surface area contributed by atoms with Crippen molar-refractivity contribution in [2.24, 2.45) is 4.99 Å². The summed E-state index contributed by atoms with van der Waals surface area (Å²) in [6.45, 7) is 3.00. The van der Waals surface area contributed by atoms with Gasteiger partial charge in [-0.15, -0.1) is 0 Å². The summed E-state index contributed by atoms with van der Waals surface area (Å²) in [7, 11) is 0. The zero-order valence-corrected chi connectivity index (χ0v) is 14.6. The molecule has 0 bridgehead atoms. The van der Waals surface area contributed by atoms with Gasteiger partial charge in [0, 0.05) is 26.2 Å². The summed E-state index contributed by atoms with van der Waals surface area (Å²) >= 11 is 0. The fourth-order valence-electron chi connectivity index (χ4n) is 2.48. The van der Waals surface area contributed by atoms with E-state index in [4.69, 9.17) is 4.74 Å². The molecule has 6 nitrogen and oxygen atoms in total. The van der Waals surface area contributed by atoms with Gasteiger partial charge in [0.1, 0.15) is 5.75 Å². The van der Waals surface area contributed by atoms with Crippen molar-refractivity contribution in [3.8, 4) is 5.75 Å². The maximum absolute atomic E-state index is 12.2. The van der Waals surface area contributed by atoms with Gasteiger partial charge in [0.05, 0.1) is 12.1 Å². The van der Waals surface area contributed by atoms with E-state index in [-0.39, 0.29) is 19.1 Å². The molecular weight excluding hydrogens is 349 g/mol. The third-order valence-corrected chi connectivity index (χ3v) is 3.66. The maximum Gasteiger partial charge on any atom is 0.390 e. The first-order valence-corrected chi connectivity index (χ1v) is 8.52. The minimum absolute atomic E-state index is 0.00190. The highest BCUT2D eigenvalue weighted by Gasteiger charge is 2.26. The topological polar surface area (TPSA) is 66.0 Å². The van der Waals surface area contributed by atoms with Crippen molar-refractivity contribution < 1.29 is 22.7 Å². The molecule has 144 valence electrons. The normalized spacial score (nSPS) is 14.7. The largest absolute Gasteiger partial charge is 0.482 e. The highest BCUT2D eigenvalue weighted by Crippen LogP contribution is 2.31. The molecule has 0 spiro atoms. The Labute approximate surface area is 150 Å². The summed E-state index contributed by atoms with van der Waals surface area (Å²) in [5.41, 5.74) is 0.725. The molecule has 0 saturated carbocycles. The average Bonchev–Trinajstić information content (AvgIpc) is 2.59. The molecule has 26 heavy (non-hydrogen) atoms. The van der Waals surface area contributed by atoms with E-state index in [0.717, 1.165) is 5.69 Å². The summed E-state index contributed by atoms with van der Waals surface area (Å²) in [6.07, 6.45) is -4.54. The first kappa shape index (κ1) is 19.9. The number of alkyl halides is 3. The molecule has 1 aliphatic heterocycles. The number of nitrogens with zero attached hydrogens (tertiary/aromatic N) is 2. The Balaban J connectivity index is 1.85. The van der Waals surface area contributed by atoms with E-state index in [1.165, 1.54) is 0 Å². The number of rotatable bonds is 7. The van der Waals surface area contributed by atoms with Crippen molar-refractivity contribution in [3.05, 3.63) is 24.3 Å². The number of benzene rings is 1. The summed E-state index contributed by atoms with van der Waals surface area (Å²) in [5.74, 6) is 0.881. The Kier molecular flexibility index (Phi) is 7.11. The van der Waals surface area contributed by atoms with Gasteiger partial charge in [-0.2, -0.15) is 13.2 Å². The third-order valence-electron chi connectivity index (χ3n) is 3.66. The van der Waals surface area contributed by atoms with E-state index in [9.17, 15) is 18.0 Å². The summed E-state index contributed by atoms with van der Waals surface area (Å²) < 4.78 is 42.0. The second-order valence-corrected chi connectivity index (χ2v) is 5.71. The molecule has 0 aliphatic carbocycles. The number of nitrogens with one attached hydrogen (secondary N) is 2. The Morgan fingerprint density at radius 1 is 1.31 bits per heavy atom. The van der Waals surface area contributed by atoms with Crippen LogP contribution in [0.2, 0.25) is 0 Å². The van der Waals surface area contributed by atoms with Gasteiger partial charge in [-0.25, -0.2) is 0 Å². The van der Waals surface area contributed by atoms with Crippen LogP contribution in [-0.2, 0) is 4.79 Å². The molecule has 2 N–H and O–H groups in total. The second-order valence-electron chi connectivity index (χ2n) is 5.71. The lowest BCUT2D eigenvalue weighted by Crippen LogP contribution is -2.40. The fraction of sp³-hybridized carbons (Fsp3) is 0.529. The lowest BCUT2D eigenvalue weighted by atomic mass is 10.2. The number of guanidine groups is 1. The van der Waals surface area contributed by atoms with Gasteiger partial charge >= 0.3 is 6.18 Å². The predicted molar refractivity (Wildman–Crippen MR) is 93.6 cm³/mol. The van der Waals surface area contributed by atoms with Crippen LogP contribution in [0.15, 0.2) is 29.3 Å². The number of halogens is 3. The van der Waals surface area contributed by atoms with Crippen LogP contribution in [-0.4, -0.2) is 50.8 Å². The number of hydrogen-bond donors (Lipinski definition) is 2. The van der Waals surface area contributed by atoms with Crippen molar-refractivity contribution in [3.63, 3.8) is 0 Å². The van der Waals surface area contributed by atoms with E-state index in [1.54, 1.807) is 11.0 Å². The molecule has 1 aromatic carbocycles. The molecule has 0 aromatic heterocycles. The van der Waals surface area contributed by atoms with E-state index in [0.29, 0.717) is 37.8 Å². The number of ether oxygens (including phenoxy) is 1. The number of aliphatic imine (C=N–C) groups is 1. The van der Waals surface area contributed by atoms with Crippen molar-refractivity contribution in [2.75, 3.05) is 37.7 Å². The molecule has 2 rings (SSSR count). The van der Waals surface area contributed by atoms with Crippen LogP contribution in [0, 0.1) is 0 Å². The number of anilines is 1. The number of carbonyl (C=O) groups is 1. The molecule has 0 atom stereocenters. The molecule has 9 heteroatoms. The van der Waals surface area contributed by atoms with Gasteiger partial charge in [0.2, 0.25) is 0 Å². The Hall–Kier alpha value is -2.45. The second kappa shape index (κ2) is 9.30. The van der Waals surface area contributed by atoms with Crippen LogP contribution >= 0.6 is 0 Å². The molecule has 1 aromatic rings. The first-order chi connectivity index (χ1) is 12.4. The Bertz CT molecular complexity index is 635. The van der Waals surface area contributed by atoms with Crippen LogP contribution in [0.3, 0.4) is 0 Å². The van der Waals surface area contributed by atoms with E-state index in [2.05, 4.69) is 15.6 Å². The van der Waals surface area contributed by atoms with Gasteiger partial charge in [0.25, 0.3) is 5.91 Å². The van der Waals surface area contributed by atoms with Crippen LogP contribution in [0.5, 0.6) is 5.75 Å². The monoisotopic (exact) mass is 372 g/mol. The highest BCUT2D eigenvalue weighted by molar-refractivity contribution is 5.97. The smallest absolute Gasteiger partial charge is 0.390 e. The maximum atomic E-state index is 12.2. The number of para-hydroxylation sites is 2. The zero-order chi connectivity index (χ0) is 19.0. The minimum Gasteiger partial charge on any atom is -0.482 e. The molecule has 1 amide bonds. The highest BCUT2D eigenvalue weighted by atomic mass is 19.4. The van der Waals surface area contributed by atoms with Gasteiger partial charge in [-0.05, 0) is 25.5 Å². The molecule has 1 aliphatic rings. The van der Waals surface area contributed by atoms with Crippen LogP contribution in [0.25, 0.3) is 0 Å². The van der Waals surface area contributed by atoms with Gasteiger partial charge in [-0.1, -0.05) is 12.1 Å². The van der Waals surface area contributed by atoms with Gasteiger partial charge in [-0.3, -0.25) is 9.79 Å². The minimum atomic E-state index is -4.20. The summed E-state index contributed by atoms with van der Waals surface area (Å²) in [6, 6.07) is 7.30. The van der Waals surface area contributed by atoms with E-state index >= 15 is 0 Å². The lowest BCUT2D eigenvalue weighted by Gasteiger charge is -2.29. The number of hydrogen-bond acceptors (Lipinski definition) is 3. The van der Waals surface area contributed by atoms with Crippen LogP contribution < -0.4 is 20.3 Å². The molecule has 1 heterocycles. The first-order valence-electron chi connectivity index (χ1n) is 8.52. The average molecular weight is 372 g/mol. The zero-order valence-electron chi connectivity index (χ0n) is 14.6. The molecule has 0 fully saturated rings. The quantitative estimate of drug-likeness (QED) is 0.438. The third kappa shape index (κ3) is 6.12. The SMILES string of the molecule is CCNC(=NCCCN1C(=O)COc2ccccc21)NCCC(F)(F)F. The lowest BCUT2D eigenvalue weighted by molar-refractivity contribution is -0.132. The Morgan fingerprint density at radius 3 is 2.81 bits per heavy atom. The number of amides is 1. The van der Waals surface area contributed by atoms with E-state index in [1.807, 2.05) is 25.1 Å². The van der Waals surface area contributed by atoms with Gasteiger partial charge < -0.3 is 20.3 Å². The van der Waals surface area contributed by atoms with Crippen LogP contribution in [0.4, 0.5) is 18.9 Å². The molecule has 0 radical (unpaired) electrons. The predicted octanol–water partition coefficient (Wildman–Crippen LogP) is 2.31. The molecule has 0 unspecified atom stereocenters. The van der Waals surface area contributed by atoms with E-state index < -0.39 is 12.6 Å². The van der Waals surface area contributed by atoms with Crippen molar-refractivity contribution in [1.82, 2.24) is 10.6 Å². The fourth-order valence-corrected chi connectivity index (χ4v) is 2.48. The summed E-state index contributed by atoms with van der Waals surface area (Å²) in [5, 5.41) is 5.56. The summed E-state index contributed by atoms with van der Waals surface area (Å²) in [4.78, 5) is 18.0. The molecular formula is C17H23F3N4O2. The molecule has 0 saturated heterocycles. The van der Waals surface area contributed by atoms with Crippen molar-refractivity contribution in [2.45, 2.75) is 25.9 Å². The van der Waals surface area contributed by atoms with Crippen molar-refractivity contribution >= 4 is 17.6 Å². The Morgan fingerprint density at radius 2 is 2.08 bits per heavy atom.